The molecule has 0 saturated heterocycles. The monoisotopic (exact) mass is 256 g/mol. The van der Waals surface area contributed by atoms with Crippen molar-refractivity contribution in [2.24, 2.45) is 5.73 Å². The molecule has 1 aromatic rings. The molecule has 0 heterocycles. The second-order valence-corrected chi connectivity index (χ2v) is 4.13. The number of hydrogen-bond donors (Lipinski definition) is 1. The first-order chi connectivity index (χ1) is 7.56. The van der Waals surface area contributed by atoms with Gasteiger partial charge in [-0.3, -0.25) is 4.79 Å². The van der Waals surface area contributed by atoms with Crippen LogP contribution in [-0.2, 0) is 4.79 Å². The lowest BCUT2D eigenvalue weighted by Gasteiger charge is -2.21. The zero-order valence-corrected chi connectivity index (χ0v) is 11.5. The quantitative estimate of drug-likeness (QED) is 0.900. The van der Waals surface area contributed by atoms with Crippen LogP contribution in [0.1, 0.15) is 25.3 Å². The molecule has 0 fully saturated rings. The smallest absolute Gasteiger partial charge is 0.243 e. The average Bonchev–Trinajstić information content (AvgIpc) is 2.28. The minimum Gasteiger partial charge on any atom is -0.320 e. The van der Waals surface area contributed by atoms with E-state index < -0.39 is 6.04 Å². The summed E-state index contributed by atoms with van der Waals surface area (Å²) in [7, 11) is 1.77. The van der Waals surface area contributed by atoms with Gasteiger partial charge in [0.2, 0.25) is 5.91 Å². The van der Waals surface area contributed by atoms with Crippen LogP contribution in [0.5, 0.6) is 0 Å². The summed E-state index contributed by atoms with van der Waals surface area (Å²) >= 11 is 0. The van der Waals surface area contributed by atoms with Crippen LogP contribution >= 0.6 is 12.4 Å². The zero-order valence-electron chi connectivity index (χ0n) is 10.6. The number of aryl methyl sites for hydroxylation is 1. The van der Waals surface area contributed by atoms with Crippen molar-refractivity contribution >= 4 is 24.0 Å². The Morgan fingerprint density at radius 3 is 2.35 bits per heavy atom. The third kappa shape index (κ3) is 4.36. The number of likely N-dealkylation sites (N-methyl/N-ethyl adjacent to an activating group) is 1. The third-order valence-corrected chi connectivity index (χ3v) is 2.67. The molecule has 0 aliphatic rings. The van der Waals surface area contributed by atoms with Gasteiger partial charge in [0.15, 0.2) is 0 Å². The van der Waals surface area contributed by atoms with Gasteiger partial charge in [-0.1, -0.05) is 31.0 Å². The van der Waals surface area contributed by atoms with E-state index in [0.29, 0.717) is 0 Å². The number of carbonyl (C=O) groups excluding carboxylic acids is 1. The van der Waals surface area contributed by atoms with Crippen molar-refractivity contribution in [3.05, 3.63) is 29.8 Å². The number of nitrogens with zero attached hydrogens (tertiary/aromatic N) is 1. The zero-order chi connectivity index (χ0) is 12.1. The van der Waals surface area contributed by atoms with Crippen LogP contribution in [0.4, 0.5) is 5.69 Å². The number of nitrogens with two attached hydrogens (primary N) is 1. The molecule has 0 aliphatic carbocycles. The number of benzene rings is 1. The minimum absolute atomic E-state index is 0. The van der Waals surface area contributed by atoms with E-state index >= 15 is 0 Å². The first-order valence-corrected chi connectivity index (χ1v) is 5.66. The van der Waals surface area contributed by atoms with Gasteiger partial charge in [0.1, 0.15) is 0 Å². The lowest BCUT2D eigenvalue weighted by Crippen LogP contribution is -2.41. The lowest BCUT2D eigenvalue weighted by atomic mass is 10.1. The van der Waals surface area contributed by atoms with Gasteiger partial charge >= 0.3 is 0 Å². The highest BCUT2D eigenvalue weighted by molar-refractivity contribution is 5.96. The van der Waals surface area contributed by atoms with E-state index in [2.05, 4.69) is 0 Å². The summed E-state index contributed by atoms with van der Waals surface area (Å²) in [6.07, 6.45) is 1.66. The fourth-order valence-corrected chi connectivity index (χ4v) is 1.58. The molecule has 1 amide bonds. The van der Waals surface area contributed by atoms with Crippen molar-refractivity contribution in [2.45, 2.75) is 32.7 Å². The van der Waals surface area contributed by atoms with Crippen LogP contribution in [0.15, 0.2) is 24.3 Å². The van der Waals surface area contributed by atoms with E-state index in [0.717, 1.165) is 18.5 Å². The van der Waals surface area contributed by atoms with Gasteiger partial charge < -0.3 is 10.6 Å². The largest absolute Gasteiger partial charge is 0.320 e. The highest BCUT2D eigenvalue weighted by atomic mass is 35.5. The molecule has 1 unspecified atom stereocenters. The molecule has 0 bridgehead atoms. The summed E-state index contributed by atoms with van der Waals surface area (Å²) in [4.78, 5) is 13.5. The Morgan fingerprint density at radius 1 is 1.35 bits per heavy atom. The Hall–Kier alpha value is -1.06. The van der Waals surface area contributed by atoms with Gasteiger partial charge in [0, 0.05) is 12.7 Å². The Labute approximate surface area is 109 Å². The molecule has 17 heavy (non-hydrogen) atoms. The summed E-state index contributed by atoms with van der Waals surface area (Å²) < 4.78 is 0. The van der Waals surface area contributed by atoms with Crippen molar-refractivity contribution in [1.82, 2.24) is 0 Å². The summed E-state index contributed by atoms with van der Waals surface area (Å²) in [6.45, 7) is 4.05. The molecule has 1 rings (SSSR count). The topological polar surface area (TPSA) is 46.3 Å². The predicted octanol–water partition coefficient (Wildman–Crippen LogP) is 2.51. The SMILES string of the molecule is CCCC(N)C(=O)N(C)c1ccc(C)cc1.Cl. The fraction of sp³-hybridized carbons (Fsp3) is 0.462. The molecule has 2 N–H and O–H groups in total. The second-order valence-electron chi connectivity index (χ2n) is 4.13. The van der Waals surface area contributed by atoms with E-state index in [1.54, 1.807) is 11.9 Å². The Morgan fingerprint density at radius 2 is 1.88 bits per heavy atom. The van der Waals surface area contributed by atoms with Gasteiger partial charge in [-0.2, -0.15) is 0 Å². The molecular formula is C13H21ClN2O. The van der Waals surface area contributed by atoms with Crippen molar-refractivity contribution in [3.8, 4) is 0 Å². The normalized spacial score (nSPS) is 11.5. The highest BCUT2D eigenvalue weighted by Crippen LogP contribution is 2.14. The van der Waals surface area contributed by atoms with Gasteiger partial charge in [-0.05, 0) is 25.5 Å². The maximum absolute atomic E-state index is 11.9. The molecule has 4 heteroatoms. The molecule has 96 valence electrons. The number of anilines is 1. The van der Waals surface area contributed by atoms with Gasteiger partial charge in [-0.15, -0.1) is 12.4 Å². The minimum atomic E-state index is -0.392. The van der Waals surface area contributed by atoms with Crippen LogP contribution in [0.2, 0.25) is 0 Å². The Balaban J connectivity index is 0.00000256. The van der Waals surface area contributed by atoms with Crippen LogP contribution < -0.4 is 10.6 Å². The maximum Gasteiger partial charge on any atom is 0.243 e. The molecule has 1 atom stereocenters. The van der Waals surface area contributed by atoms with Crippen molar-refractivity contribution in [1.29, 1.82) is 0 Å². The van der Waals surface area contributed by atoms with Crippen molar-refractivity contribution in [2.75, 3.05) is 11.9 Å². The molecule has 0 saturated carbocycles. The van der Waals surface area contributed by atoms with Gasteiger partial charge in [0.05, 0.1) is 6.04 Å². The molecule has 0 spiro atoms. The van der Waals surface area contributed by atoms with Gasteiger partial charge in [-0.25, -0.2) is 0 Å². The van der Waals surface area contributed by atoms with E-state index in [9.17, 15) is 4.79 Å². The molecular weight excluding hydrogens is 236 g/mol. The van der Waals surface area contributed by atoms with E-state index in [4.69, 9.17) is 5.73 Å². The average molecular weight is 257 g/mol. The van der Waals surface area contributed by atoms with E-state index in [1.807, 2.05) is 38.1 Å². The van der Waals surface area contributed by atoms with Crippen LogP contribution in [-0.4, -0.2) is 19.0 Å². The Kier molecular flexibility index (Phi) is 6.85. The third-order valence-electron chi connectivity index (χ3n) is 2.67. The van der Waals surface area contributed by atoms with Crippen molar-refractivity contribution in [3.63, 3.8) is 0 Å². The summed E-state index contributed by atoms with van der Waals surface area (Å²) in [6, 6.07) is 7.46. The van der Waals surface area contributed by atoms with Gasteiger partial charge in [0.25, 0.3) is 0 Å². The highest BCUT2D eigenvalue weighted by Gasteiger charge is 2.17. The maximum atomic E-state index is 11.9. The number of hydrogen-bond acceptors (Lipinski definition) is 2. The van der Waals surface area contributed by atoms with Crippen LogP contribution in [0.25, 0.3) is 0 Å². The lowest BCUT2D eigenvalue weighted by molar-refractivity contribution is -0.119. The number of amides is 1. The van der Waals surface area contributed by atoms with E-state index in [1.165, 1.54) is 5.56 Å². The molecule has 0 radical (unpaired) electrons. The summed E-state index contributed by atoms with van der Waals surface area (Å²) in [5.74, 6) is -0.0225. The number of halogens is 1. The molecule has 1 aromatic carbocycles. The number of carbonyl (C=O) groups is 1. The Bertz CT molecular complexity index is 351. The van der Waals surface area contributed by atoms with E-state index in [-0.39, 0.29) is 18.3 Å². The first-order valence-electron chi connectivity index (χ1n) is 5.66. The summed E-state index contributed by atoms with van der Waals surface area (Å²) in [5.41, 5.74) is 7.88. The first kappa shape index (κ1) is 15.9. The summed E-state index contributed by atoms with van der Waals surface area (Å²) in [5, 5.41) is 0. The molecule has 0 aromatic heterocycles. The second kappa shape index (κ2) is 7.30. The molecule has 0 aliphatic heterocycles. The molecule has 3 nitrogen and oxygen atoms in total. The predicted molar refractivity (Wildman–Crippen MR) is 74.7 cm³/mol. The van der Waals surface area contributed by atoms with Crippen LogP contribution in [0, 0.1) is 6.92 Å². The number of rotatable bonds is 4. The van der Waals surface area contributed by atoms with Crippen molar-refractivity contribution < 1.29 is 4.79 Å². The fourth-order valence-electron chi connectivity index (χ4n) is 1.58. The standard InChI is InChI=1S/C13H20N2O.ClH/c1-4-5-12(14)13(16)15(3)11-8-6-10(2)7-9-11;/h6-9,12H,4-5,14H2,1-3H3;1H. The van der Waals surface area contributed by atoms with Crippen LogP contribution in [0.3, 0.4) is 0 Å².